The molecule has 0 bridgehead atoms. The molecule has 1 unspecified atom stereocenters. The summed E-state index contributed by atoms with van der Waals surface area (Å²) < 4.78 is 5.82. The second kappa shape index (κ2) is 9.30. The summed E-state index contributed by atoms with van der Waals surface area (Å²) in [7, 11) is 0. The van der Waals surface area contributed by atoms with Gasteiger partial charge in [0.2, 0.25) is 0 Å². The minimum Gasteiger partial charge on any atom is -0.483 e. The van der Waals surface area contributed by atoms with Crippen LogP contribution in [0.15, 0.2) is 24.3 Å². The third-order valence-electron chi connectivity index (χ3n) is 4.95. The van der Waals surface area contributed by atoms with Crippen LogP contribution < -0.4 is 15.8 Å². The molecule has 0 spiro atoms. The lowest BCUT2D eigenvalue weighted by Crippen LogP contribution is -2.43. The van der Waals surface area contributed by atoms with Crippen LogP contribution in [0.3, 0.4) is 0 Å². The highest BCUT2D eigenvalue weighted by molar-refractivity contribution is 5.78. The molecule has 1 aliphatic rings. The molecule has 1 heterocycles. The fraction of sp³-hybridized carbons (Fsp3) is 0.579. The first-order valence-electron chi connectivity index (χ1n) is 9.04. The monoisotopic (exact) mass is 347 g/mol. The third kappa shape index (κ3) is 5.66. The van der Waals surface area contributed by atoms with Crippen molar-refractivity contribution >= 4 is 11.9 Å². The fourth-order valence-electron chi connectivity index (χ4n) is 3.10. The number of nitrogens with two attached hydrogens (primary N) is 1. The molecule has 2 rings (SSSR count). The Bertz CT molecular complexity index is 583. The first-order valence-corrected chi connectivity index (χ1v) is 9.04. The van der Waals surface area contributed by atoms with E-state index in [1.807, 2.05) is 23.1 Å². The normalized spacial score (nSPS) is 16.3. The maximum absolute atomic E-state index is 12.4. The lowest BCUT2D eigenvalue weighted by atomic mass is 9.97. The maximum Gasteiger partial charge on any atom is 0.312 e. The van der Waals surface area contributed by atoms with Crippen LogP contribution in [0.4, 0.5) is 4.79 Å². The van der Waals surface area contributed by atoms with Gasteiger partial charge in [0.15, 0.2) is 6.61 Å². The first-order chi connectivity index (χ1) is 12.0. The van der Waals surface area contributed by atoms with Crippen LogP contribution >= 0.6 is 0 Å². The van der Waals surface area contributed by atoms with Crippen molar-refractivity contribution in [2.45, 2.75) is 39.0 Å². The average Bonchev–Trinajstić information content (AvgIpc) is 2.64. The molecule has 0 aliphatic carbocycles. The van der Waals surface area contributed by atoms with Crippen LogP contribution in [0.25, 0.3) is 0 Å². The van der Waals surface area contributed by atoms with E-state index in [2.05, 4.69) is 25.2 Å². The quantitative estimate of drug-likeness (QED) is 0.795. The maximum atomic E-state index is 12.4. The summed E-state index contributed by atoms with van der Waals surface area (Å²) >= 11 is 0. The third-order valence-corrected chi connectivity index (χ3v) is 4.95. The van der Waals surface area contributed by atoms with E-state index in [-0.39, 0.29) is 12.5 Å². The smallest absolute Gasteiger partial charge is 0.312 e. The van der Waals surface area contributed by atoms with Gasteiger partial charge in [-0.25, -0.2) is 4.79 Å². The van der Waals surface area contributed by atoms with Crippen LogP contribution in [-0.2, 0) is 4.79 Å². The predicted molar refractivity (Wildman–Crippen MR) is 97.5 cm³/mol. The first kappa shape index (κ1) is 19.1. The fourth-order valence-corrected chi connectivity index (χ4v) is 3.10. The highest BCUT2D eigenvalue weighted by atomic mass is 16.5. The Morgan fingerprint density at radius 1 is 1.32 bits per heavy atom. The Morgan fingerprint density at radius 2 is 2.00 bits per heavy atom. The zero-order chi connectivity index (χ0) is 18.2. The number of likely N-dealkylation sites (tertiary alicyclic amines) is 1. The number of nitrogens with one attached hydrogen (secondary N) is 1. The van der Waals surface area contributed by atoms with Gasteiger partial charge in [0.1, 0.15) is 5.75 Å². The van der Waals surface area contributed by atoms with Crippen molar-refractivity contribution < 1.29 is 14.3 Å². The summed E-state index contributed by atoms with van der Waals surface area (Å²) in [6.07, 6.45) is 2.77. The van der Waals surface area contributed by atoms with Gasteiger partial charge in [-0.05, 0) is 42.7 Å². The SMILES string of the molecule is CCC(C)c1ccccc1OCC(=O)N1CCC(CNC(N)=O)CC1. The van der Waals surface area contributed by atoms with E-state index >= 15 is 0 Å². The molecule has 3 amide bonds. The van der Waals surface area contributed by atoms with Gasteiger partial charge in [-0.1, -0.05) is 32.0 Å². The van der Waals surface area contributed by atoms with E-state index in [1.165, 1.54) is 0 Å². The Hall–Kier alpha value is -2.24. The molecule has 6 heteroatoms. The van der Waals surface area contributed by atoms with Gasteiger partial charge in [-0.2, -0.15) is 0 Å². The lowest BCUT2D eigenvalue weighted by Gasteiger charge is -2.32. The standard InChI is InChI=1S/C19H29N3O3/c1-3-14(2)16-6-4-5-7-17(16)25-13-18(23)22-10-8-15(9-11-22)12-21-19(20)24/h4-7,14-15H,3,8-13H2,1-2H3,(H3,20,21,24). The Balaban J connectivity index is 1.81. The number of nitrogens with zero attached hydrogens (tertiary/aromatic N) is 1. The number of piperidine rings is 1. The van der Waals surface area contributed by atoms with E-state index in [9.17, 15) is 9.59 Å². The van der Waals surface area contributed by atoms with E-state index in [0.29, 0.717) is 31.5 Å². The van der Waals surface area contributed by atoms with E-state index < -0.39 is 6.03 Å². The molecule has 0 radical (unpaired) electrons. The molecule has 1 aromatic rings. The van der Waals surface area contributed by atoms with Crippen molar-refractivity contribution in [1.82, 2.24) is 10.2 Å². The number of para-hydroxylation sites is 1. The summed E-state index contributed by atoms with van der Waals surface area (Å²) in [6, 6.07) is 7.43. The van der Waals surface area contributed by atoms with Gasteiger partial charge in [0, 0.05) is 19.6 Å². The van der Waals surface area contributed by atoms with Gasteiger partial charge in [0.05, 0.1) is 0 Å². The molecule has 138 valence electrons. The number of benzene rings is 1. The van der Waals surface area contributed by atoms with Crippen molar-refractivity contribution in [3.63, 3.8) is 0 Å². The molecule has 0 saturated carbocycles. The van der Waals surface area contributed by atoms with Crippen molar-refractivity contribution in [2.75, 3.05) is 26.2 Å². The van der Waals surface area contributed by atoms with Crippen LogP contribution in [0.1, 0.15) is 44.6 Å². The highest BCUT2D eigenvalue weighted by Crippen LogP contribution is 2.28. The Kier molecular flexibility index (Phi) is 7.10. The molecule has 0 aromatic heterocycles. The Labute approximate surface area is 149 Å². The number of carbonyl (C=O) groups excluding carboxylic acids is 2. The zero-order valence-electron chi connectivity index (χ0n) is 15.2. The van der Waals surface area contributed by atoms with Crippen LogP contribution in [-0.4, -0.2) is 43.1 Å². The van der Waals surface area contributed by atoms with Crippen molar-refractivity contribution in [1.29, 1.82) is 0 Å². The largest absolute Gasteiger partial charge is 0.483 e. The van der Waals surface area contributed by atoms with Crippen molar-refractivity contribution in [3.8, 4) is 5.75 Å². The molecular weight excluding hydrogens is 318 g/mol. The summed E-state index contributed by atoms with van der Waals surface area (Å²) in [5, 5.41) is 2.64. The van der Waals surface area contributed by atoms with Crippen LogP contribution in [0.5, 0.6) is 5.75 Å². The number of carbonyl (C=O) groups is 2. The summed E-state index contributed by atoms with van der Waals surface area (Å²) in [5.41, 5.74) is 6.24. The number of urea groups is 1. The van der Waals surface area contributed by atoms with Crippen LogP contribution in [0, 0.1) is 5.92 Å². The van der Waals surface area contributed by atoms with E-state index in [0.717, 1.165) is 30.6 Å². The highest BCUT2D eigenvalue weighted by Gasteiger charge is 2.23. The molecular formula is C19H29N3O3. The minimum atomic E-state index is -0.494. The van der Waals surface area contributed by atoms with E-state index in [1.54, 1.807) is 0 Å². The molecule has 1 atom stereocenters. The summed E-state index contributed by atoms with van der Waals surface area (Å²) in [6.45, 7) is 6.34. The zero-order valence-corrected chi connectivity index (χ0v) is 15.2. The second-order valence-corrected chi connectivity index (χ2v) is 6.71. The molecule has 1 aliphatic heterocycles. The van der Waals surface area contributed by atoms with Crippen LogP contribution in [0.2, 0.25) is 0 Å². The van der Waals surface area contributed by atoms with Gasteiger partial charge in [-0.15, -0.1) is 0 Å². The molecule has 1 fully saturated rings. The lowest BCUT2D eigenvalue weighted by molar-refractivity contribution is -0.134. The molecule has 1 aromatic carbocycles. The predicted octanol–water partition coefficient (Wildman–Crippen LogP) is 2.49. The average molecular weight is 347 g/mol. The molecule has 3 N–H and O–H groups in total. The van der Waals surface area contributed by atoms with Crippen molar-refractivity contribution in [3.05, 3.63) is 29.8 Å². The number of rotatable bonds is 7. The van der Waals surface area contributed by atoms with Crippen molar-refractivity contribution in [2.24, 2.45) is 11.7 Å². The number of primary amides is 1. The molecule has 25 heavy (non-hydrogen) atoms. The number of hydrogen-bond acceptors (Lipinski definition) is 3. The number of hydrogen-bond donors (Lipinski definition) is 2. The second-order valence-electron chi connectivity index (χ2n) is 6.71. The molecule has 6 nitrogen and oxygen atoms in total. The van der Waals surface area contributed by atoms with Gasteiger partial charge in [-0.3, -0.25) is 4.79 Å². The number of amides is 3. The minimum absolute atomic E-state index is 0.0141. The summed E-state index contributed by atoms with van der Waals surface area (Å²) in [5.74, 6) is 1.59. The summed E-state index contributed by atoms with van der Waals surface area (Å²) in [4.78, 5) is 25.0. The van der Waals surface area contributed by atoms with E-state index in [4.69, 9.17) is 10.5 Å². The van der Waals surface area contributed by atoms with Gasteiger partial charge >= 0.3 is 6.03 Å². The number of ether oxygens (including phenoxy) is 1. The Morgan fingerprint density at radius 3 is 2.64 bits per heavy atom. The van der Waals surface area contributed by atoms with Gasteiger partial charge in [0.25, 0.3) is 5.91 Å². The molecule has 1 saturated heterocycles. The topological polar surface area (TPSA) is 84.7 Å². The van der Waals surface area contributed by atoms with Gasteiger partial charge < -0.3 is 20.7 Å².